The molecule has 0 radical (unpaired) electrons. The van der Waals surface area contributed by atoms with Gasteiger partial charge in [-0.1, -0.05) is 29.8 Å². The maximum absolute atomic E-state index is 12.0. The van der Waals surface area contributed by atoms with Gasteiger partial charge in [-0.05, 0) is 30.7 Å². The standard InChI is InChI=1S/C16H16ClN3O3/c1-11(12-5-7-13(17)8-6-12)19-16(21)10-18-14-3-2-4-15(9-14)20(22)23/h2-9,11,18H,10H2,1H3,(H,19,21). The molecule has 7 heteroatoms. The molecule has 0 saturated carbocycles. The van der Waals surface area contributed by atoms with Crippen LogP contribution in [-0.2, 0) is 4.79 Å². The summed E-state index contributed by atoms with van der Waals surface area (Å²) in [6, 6.07) is 13.1. The Morgan fingerprint density at radius 1 is 1.26 bits per heavy atom. The summed E-state index contributed by atoms with van der Waals surface area (Å²) in [6.45, 7) is 1.90. The van der Waals surface area contributed by atoms with Crippen LogP contribution >= 0.6 is 11.6 Å². The molecule has 0 aromatic heterocycles. The molecule has 2 rings (SSSR count). The molecule has 120 valence electrons. The number of hydrogen-bond acceptors (Lipinski definition) is 4. The summed E-state index contributed by atoms with van der Waals surface area (Å²) in [7, 11) is 0. The van der Waals surface area contributed by atoms with Crippen molar-refractivity contribution in [3.63, 3.8) is 0 Å². The van der Waals surface area contributed by atoms with Crippen molar-refractivity contribution in [2.45, 2.75) is 13.0 Å². The van der Waals surface area contributed by atoms with E-state index in [1.807, 2.05) is 19.1 Å². The van der Waals surface area contributed by atoms with Gasteiger partial charge in [0, 0.05) is 22.8 Å². The predicted octanol–water partition coefficient (Wildman–Crippen LogP) is 3.54. The molecule has 1 unspecified atom stereocenters. The Labute approximate surface area is 138 Å². The monoisotopic (exact) mass is 333 g/mol. The molecule has 23 heavy (non-hydrogen) atoms. The van der Waals surface area contributed by atoms with E-state index in [9.17, 15) is 14.9 Å². The molecule has 2 aromatic carbocycles. The Morgan fingerprint density at radius 3 is 2.61 bits per heavy atom. The second kappa shape index (κ2) is 7.60. The quantitative estimate of drug-likeness (QED) is 0.625. The van der Waals surface area contributed by atoms with E-state index in [0.29, 0.717) is 10.7 Å². The molecule has 0 aliphatic carbocycles. The van der Waals surface area contributed by atoms with E-state index < -0.39 is 4.92 Å². The highest BCUT2D eigenvalue weighted by atomic mass is 35.5. The van der Waals surface area contributed by atoms with Crippen molar-refractivity contribution in [3.8, 4) is 0 Å². The number of benzene rings is 2. The molecule has 0 heterocycles. The molecular weight excluding hydrogens is 318 g/mol. The van der Waals surface area contributed by atoms with E-state index >= 15 is 0 Å². The van der Waals surface area contributed by atoms with Gasteiger partial charge in [-0.15, -0.1) is 0 Å². The fraction of sp³-hybridized carbons (Fsp3) is 0.188. The Hall–Kier alpha value is -2.60. The lowest BCUT2D eigenvalue weighted by molar-refractivity contribution is -0.384. The van der Waals surface area contributed by atoms with Crippen LogP contribution in [0.15, 0.2) is 48.5 Å². The van der Waals surface area contributed by atoms with E-state index in [0.717, 1.165) is 5.56 Å². The largest absolute Gasteiger partial charge is 0.376 e. The van der Waals surface area contributed by atoms with Crippen LogP contribution in [0.1, 0.15) is 18.5 Å². The normalized spacial score (nSPS) is 11.6. The molecule has 1 amide bonds. The zero-order valence-corrected chi connectivity index (χ0v) is 13.2. The number of nitro benzene ring substituents is 1. The molecule has 0 fully saturated rings. The van der Waals surface area contributed by atoms with E-state index in [4.69, 9.17) is 11.6 Å². The maximum atomic E-state index is 12.0. The molecule has 0 aliphatic heterocycles. The molecule has 2 N–H and O–H groups in total. The SMILES string of the molecule is CC(NC(=O)CNc1cccc([N+](=O)[O-])c1)c1ccc(Cl)cc1. The summed E-state index contributed by atoms with van der Waals surface area (Å²) in [4.78, 5) is 22.2. The van der Waals surface area contributed by atoms with Crippen molar-refractivity contribution in [2.75, 3.05) is 11.9 Å². The van der Waals surface area contributed by atoms with Gasteiger partial charge in [0.2, 0.25) is 5.91 Å². The third kappa shape index (κ3) is 4.96. The number of non-ortho nitro benzene ring substituents is 1. The lowest BCUT2D eigenvalue weighted by Crippen LogP contribution is -2.32. The van der Waals surface area contributed by atoms with Gasteiger partial charge in [-0.3, -0.25) is 14.9 Å². The van der Waals surface area contributed by atoms with Gasteiger partial charge in [0.05, 0.1) is 17.5 Å². The van der Waals surface area contributed by atoms with Crippen LogP contribution in [0, 0.1) is 10.1 Å². The summed E-state index contributed by atoms with van der Waals surface area (Å²) in [5.74, 6) is -0.209. The molecule has 2 aromatic rings. The van der Waals surface area contributed by atoms with Crippen molar-refractivity contribution in [1.82, 2.24) is 5.32 Å². The van der Waals surface area contributed by atoms with Crippen LogP contribution in [0.5, 0.6) is 0 Å². The van der Waals surface area contributed by atoms with Crippen LogP contribution in [0.2, 0.25) is 5.02 Å². The van der Waals surface area contributed by atoms with Gasteiger partial charge in [0.25, 0.3) is 5.69 Å². The number of nitrogens with zero attached hydrogens (tertiary/aromatic N) is 1. The fourth-order valence-corrected chi connectivity index (χ4v) is 2.17. The molecule has 0 saturated heterocycles. The number of hydrogen-bond donors (Lipinski definition) is 2. The van der Waals surface area contributed by atoms with E-state index in [1.165, 1.54) is 12.1 Å². The van der Waals surface area contributed by atoms with Crippen molar-refractivity contribution in [2.24, 2.45) is 0 Å². The zero-order chi connectivity index (χ0) is 16.8. The number of amides is 1. The average Bonchev–Trinajstić information content (AvgIpc) is 2.53. The molecule has 1 atom stereocenters. The number of anilines is 1. The van der Waals surface area contributed by atoms with Crippen LogP contribution < -0.4 is 10.6 Å². The Morgan fingerprint density at radius 2 is 1.96 bits per heavy atom. The number of halogens is 1. The van der Waals surface area contributed by atoms with Gasteiger partial charge in [-0.25, -0.2) is 0 Å². The molecule has 6 nitrogen and oxygen atoms in total. The highest BCUT2D eigenvalue weighted by molar-refractivity contribution is 6.30. The van der Waals surface area contributed by atoms with Gasteiger partial charge < -0.3 is 10.6 Å². The number of carbonyl (C=O) groups excluding carboxylic acids is 1. The van der Waals surface area contributed by atoms with Crippen molar-refractivity contribution < 1.29 is 9.72 Å². The third-order valence-electron chi connectivity index (χ3n) is 3.26. The summed E-state index contributed by atoms with van der Waals surface area (Å²) in [5, 5.41) is 17.1. The average molecular weight is 334 g/mol. The first-order chi connectivity index (χ1) is 11.0. The van der Waals surface area contributed by atoms with Crippen LogP contribution in [-0.4, -0.2) is 17.4 Å². The predicted molar refractivity (Wildman–Crippen MR) is 89.6 cm³/mol. The van der Waals surface area contributed by atoms with E-state index in [2.05, 4.69) is 10.6 Å². The molecule has 0 bridgehead atoms. The fourth-order valence-electron chi connectivity index (χ4n) is 2.04. The highest BCUT2D eigenvalue weighted by Gasteiger charge is 2.10. The molecule has 0 aliphatic rings. The minimum atomic E-state index is -0.478. The van der Waals surface area contributed by atoms with Crippen molar-refractivity contribution in [1.29, 1.82) is 0 Å². The second-order valence-electron chi connectivity index (χ2n) is 5.00. The number of nitro groups is 1. The van der Waals surface area contributed by atoms with Gasteiger partial charge in [0.1, 0.15) is 0 Å². The lowest BCUT2D eigenvalue weighted by atomic mass is 10.1. The Balaban J connectivity index is 1.88. The smallest absolute Gasteiger partial charge is 0.271 e. The number of nitrogens with one attached hydrogen (secondary N) is 2. The first-order valence-corrected chi connectivity index (χ1v) is 7.36. The Bertz CT molecular complexity index is 704. The van der Waals surface area contributed by atoms with E-state index in [1.54, 1.807) is 24.3 Å². The second-order valence-corrected chi connectivity index (χ2v) is 5.44. The van der Waals surface area contributed by atoms with Crippen LogP contribution in [0.25, 0.3) is 0 Å². The van der Waals surface area contributed by atoms with Crippen molar-refractivity contribution >= 4 is 28.9 Å². The van der Waals surface area contributed by atoms with Gasteiger partial charge in [0.15, 0.2) is 0 Å². The minimum absolute atomic E-state index is 0.0232. The highest BCUT2D eigenvalue weighted by Crippen LogP contribution is 2.17. The zero-order valence-electron chi connectivity index (χ0n) is 12.5. The van der Waals surface area contributed by atoms with Gasteiger partial charge >= 0.3 is 0 Å². The van der Waals surface area contributed by atoms with Gasteiger partial charge in [-0.2, -0.15) is 0 Å². The number of rotatable bonds is 6. The summed E-state index contributed by atoms with van der Waals surface area (Å²) in [6.07, 6.45) is 0. The van der Waals surface area contributed by atoms with Crippen molar-refractivity contribution in [3.05, 3.63) is 69.2 Å². The third-order valence-corrected chi connectivity index (χ3v) is 3.51. The first-order valence-electron chi connectivity index (χ1n) is 6.99. The number of carbonyl (C=O) groups is 1. The Kier molecular flexibility index (Phi) is 5.54. The maximum Gasteiger partial charge on any atom is 0.271 e. The first kappa shape index (κ1) is 16.8. The summed E-state index contributed by atoms with van der Waals surface area (Å²) < 4.78 is 0. The van der Waals surface area contributed by atoms with Crippen LogP contribution in [0.3, 0.4) is 0 Å². The summed E-state index contributed by atoms with van der Waals surface area (Å²) in [5.41, 5.74) is 1.44. The topological polar surface area (TPSA) is 84.3 Å². The minimum Gasteiger partial charge on any atom is -0.376 e. The van der Waals surface area contributed by atoms with E-state index in [-0.39, 0.29) is 24.2 Å². The summed E-state index contributed by atoms with van der Waals surface area (Å²) >= 11 is 5.83. The molecule has 0 spiro atoms. The lowest BCUT2D eigenvalue weighted by Gasteiger charge is -2.15. The van der Waals surface area contributed by atoms with Crippen LogP contribution in [0.4, 0.5) is 11.4 Å². The molecular formula is C16H16ClN3O3.